The second-order valence-electron chi connectivity index (χ2n) is 6.67. The first-order chi connectivity index (χ1) is 10.3. The minimum atomic E-state index is 0.497. The maximum absolute atomic E-state index is 3.71. The van der Waals surface area contributed by atoms with Gasteiger partial charge in [-0.25, -0.2) is 0 Å². The summed E-state index contributed by atoms with van der Waals surface area (Å²) < 4.78 is 1.44. The van der Waals surface area contributed by atoms with Crippen LogP contribution in [0.25, 0.3) is 10.1 Å². The molecule has 1 saturated carbocycles. The molecule has 0 unspecified atom stereocenters. The van der Waals surface area contributed by atoms with Gasteiger partial charge in [0.25, 0.3) is 0 Å². The van der Waals surface area contributed by atoms with E-state index in [0.29, 0.717) is 5.41 Å². The summed E-state index contributed by atoms with van der Waals surface area (Å²) in [6, 6.07) is 8.90. The molecule has 0 aliphatic heterocycles. The maximum atomic E-state index is 3.71. The first kappa shape index (κ1) is 15.1. The number of rotatable bonds is 6. The zero-order valence-electron chi connectivity index (χ0n) is 13.2. The van der Waals surface area contributed by atoms with Crippen molar-refractivity contribution in [2.75, 3.05) is 13.1 Å². The zero-order valence-corrected chi connectivity index (χ0v) is 14.0. The average molecular weight is 301 g/mol. The molecule has 1 aromatic heterocycles. The van der Waals surface area contributed by atoms with E-state index < -0.39 is 0 Å². The fourth-order valence-electron chi connectivity index (χ4n) is 3.82. The largest absolute Gasteiger partial charge is 0.316 e. The molecule has 0 atom stereocenters. The summed E-state index contributed by atoms with van der Waals surface area (Å²) in [7, 11) is 0. The molecule has 1 aromatic carbocycles. The molecule has 1 aliphatic rings. The summed E-state index contributed by atoms with van der Waals surface area (Å²) >= 11 is 1.91. The van der Waals surface area contributed by atoms with Gasteiger partial charge in [-0.1, -0.05) is 44.4 Å². The van der Waals surface area contributed by atoms with Crippen LogP contribution in [0, 0.1) is 5.41 Å². The van der Waals surface area contributed by atoms with Gasteiger partial charge in [0.15, 0.2) is 0 Å². The Morgan fingerprint density at radius 3 is 2.76 bits per heavy atom. The fourth-order valence-corrected chi connectivity index (χ4v) is 4.78. The van der Waals surface area contributed by atoms with E-state index >= 15 is 0 Å². The quantitative estimate of drug-likeness (QED) is 0.705. The van der Waals surface area contributed by atoms with Gasteiger partial charge in [-0.3, -0.25) is 0 Å². The van der Waals surface area contributed by atoms with E-state index in [4.69, 9.17) is 0 Å². The Kier molecular flexibility index (Phi) is 4.97. The topological polar surface area (TPSA) is 12.0 Å². The van der Waals surface area contributed by atoms with Crippen molar-refractivity contribution in [1.82, 2.24) is 5.32 Å². The molecule has 1 nitrogen and oxygen atoms in total. The van der Waals surface area contributed by atoms with Gasteiger partial charge in [-0.05, 0) is 60.0 Å². The molecule has 1 aliphatic carbocycles. The van der Waals surface area contributed by atoms with Crippen molar-refractivity contribution in [2.24, 2.45) is 5.41 Å². The Hall–Kier alpha value is -0.860. The summed E-state index contributed by atoms with van der Waals surface area (Å²) in [6.07, 6.45) is 9.54. The lowest BCUT2D eigenvalue weighted by molar-refractivity contribution is 0.182. The van der Waals surface area contributed by atoms with Crippen molar-refractivity contribution in [3.63, 3.8) is 0 Å². The lowest BCUT2D eigenvalue weighted by Crippen LogP contribution is -2.38. The summed E-state index contributed by atoms with van der Waals surface area (Å²) in [5.74, 6) is 0. The van der Waals surface area contributed by atoms with Gasteiger partial charge in [-0.2, -0.15) is 0 Å². The third-order valence-electron chi connectivity index (χ3n) is 4.97. The molecule has 2 heteroatoms. The number of fused-ring (bicyclic) bond motifs is 1. The van der Waals surface area contributed by atoms with Crippen molar-refractivity contribution in [3.8, 4) is 0 Å². The highest BCUT2D eigenvalue weighted by Crippen LogP contribution is 2.41. The summed E-state index contributed by atoms with van der Waals surface area (Å²) in [5, 5.41) is 7.60. The molecule has 0 radical (unpaired) electrons. The van der Waals surface area contributed by atoms with Gasteiger partial charge in [0.1, 0.15) is 0 Å². The van der Waals surface area contributed by atoms with Crippen molar-refractivity contribution >= 4 is 21.4 Å². The lowest BCUT2D eigenvalue weighted by Gasteiger charge is -2.38. The molecule has 1 N–H and O–H groups in total. The Bertz CT molecular complexity index is 566. The van der Waals surface area contributed by atoms with Gasteiger partial charge < -0.3 is 5.32 Å². The van der Waals surface area contributed by atoms with E-state index in [0.717, 1.165) is 6.54 Å². The molecule has 21 heavy (non-hydrogen) atoms. The SMILES string of the molecule is CCCNCC1(Cc2csc3ccccc23)CCCCC1. The Morgan fingerprint density at radius 2 is 1.95 bits per heavy atom. The summed E-state index contributed by atoms with van der Waals surface area (Å²) in [4.78, 5) is 0. The van der Waals surface area contributed by atoms with E-state index in [1.165, 1.54) is 61.6 Å². The highest BCUT2D eigenvalue weighted by atomic mass is 32.1. The van der Waals surface area contributed by atoms with Crippen LogP contribution >= 0.6 is 11.3 Å². The highest BCUT2D eigenvalue weighted by Gasteiger charge is 2.32. The average Bonchev–Trinajstić information content (AvgIpc) is 2.92. The Labute approximate surface area is 132 Å². The third kappa shape index (κ3) is 3.49. The van der Waals surface area contributed by atoms with Crippen molar-refractivity contribution < 1.29 is 0 Å². The number of benzene rings is 1. The Balaban J connectivity index is 1.80. The molecule has 1 fully saturated rings. The predicted octanol–water partition coefficient (Wildman–Crippen LogP) is 5.39. The molecule has 0 bridgehead atoms. The van der Waals surface area contributed by atoms with E-state index in [1.54, 1.807) is 5.56 Å². The standard InChI is InChI=1S/C19H27NS/c1-2-12-20-15-19(10-6-3-7-11-19)13-16-14-21-18-9-5-4-8-17(16)18/h4-5,8-9,14,20H,2-3,6-7,10-13,15H2,1H3. The van der Waals surface area contributed by atoms with Gasteiger partial charge in [-0.15, -0.1) is 11.3 Å². The van der Waals surface area contributed by atoms with Crippen molar-refractivity contribution in [3.05, 3.63) is 35.2 Å². The van der Waals surface area contributed by atoms with Crippen LogP contribution < -0.4 is 5.32 Å². The van der Waals surface area contributed by atoms with E-state index in [9.17, 15) is 0 Å². The molecule has 0 saturated heterocycles. The maximum Gasteiger partial charge on any atom is 0.0345 e. The molecule has 114 valence electrons. The first-order valence-corrected chi connectivity index (χ1v) is 9.37. The van der Waals surface area contributed by atoms with Crippen LogP contribution in [0.4, 0.5) is 0 Å². The third-order valence-corrected chi connectivity index (χ3v) is 5.98. The summed E-state index contributed by atoms with van der Waals surface area (Å²) in [5.41, 5.74) is 2.08. The van der Waals surface area contributed by atoms with Crippen LogP contribution in [0.5, 0.6) is 0 Å². The highest BCUT2D eigenvalue weighted by molar-refractivity contribution is 7.17. The predicted molar refractivity (Wildman–Crippen MR) is 94.2 cm³/mol. The number of thiophene rings is 1. The molecular formula is C19H27NS. The first-order valence-electron chi connectivity index (χ1n) is 8.49. The van der Waals surface area contributed by atoms with Crippen LogP contribution in [0.15, 0.2) is 29.6 Å². The number of hydrogen-bond donors (Lipinski definition) is 1. The minimum absolute atomic E-state index is 0.497. The minimum Gasteiger partial charge on any atom is -0.316 e. The number of nitrogens with one attached hydrogen (secondary N) is 1. The lowest BCUT2D eigenvalue weighted by atomic mass is 9.70. The zero-order chi connectivity index (χ0) is 14.5. The monoisotopic (exact) mass is 301 g/mol. The summed E-state index contributed by atoms with van der Waals surface area (Å²) in [6.45, 7) is 4.62. The normalized spacial score (nSPS) is 18.1. The van der Waals surface area contributed by atoms with Gasteiger partial charge in [0, 0.05) is 11.2 Å². The van der Waals surface area contributed by atoms with E-state index in [1.807, 2.05) is 11.3 Å². The smallest absolute Gasteiger partial charge is 0.0345 e. The van der Waals surface area contributed by atoms with E-state index in [2.05, 4.69) is 41.9 Å². The number of hydrogen-bond acceptors (Lipinski definition) is 2. The van der Waals surface area contributed by atoms with Crippen LogP contribution in [0.2, 0.25) is 0 Å². The molecule has 2 aromatic rings. The van der Waals surface area contributed by atoms with Crippen LogP contribution in [0.1, 0.15) is 51.0 Å². The van der Waals surface area contributed by atoms with Gasteiger partial charge in [0.2, 0.25) is 0 Å². The van der Waals surface area contributed by atoms with Crippen LogP contribution in [0.3, 0.4) is 0 Å². The second-order valence-corrected chi connectivity index (χ2v) is 7.58. The van der Waals surface area contributed by atoms with Gasteiger partial charge in [0.05, 0.1) is 0 Å². The van der Waals surface area contributed by atoms with Gasteiger partial charge >= 0.3 is 0 Å². The Morgan fingerprint density at radius 1 is 1.14 bits per heavy atom. The molecular weight excluding hydrogens is 274 g/mol. The molecule has 3 rings (SSSR count). The van der Waals surface area contributed by atoms with Crippen molar-refractivity contribution in [2.45, 2.75) is 51.9 Å². The van der Waals surface area contributed by atoms with Crippen molar-refractivity contribution in [1.29, 1.82) is 0 Å². The molecule has 1 heterocycles. The van der Waals surface area contributed by atoms with Crippen LogP contribution in [-0.2, 0) is 6.42 Å². The molecule has 0 amide bonds. The second kappa shape index (κ2) is 6.93. The van der Waals surface area contributed by atoms with E-state index in [-0.39, 0.29) is 0 Å². The molecule has 0 spiro atoms. The van der Waals surface area contributed by atoms with Crippen LogP contribution in [-0.4, -0.2) is 13.1 Å². The fraction of sp³-hybridized carbons (Fsp3) is 0.579.